The molecule has 1 aliphatic heterocycles. The summed E-state index contributed by atoms with van der Waals surface area (Å²) in [6, 6.07) is 11.5. The Balaban J connectivity index is 2.02. The van der Waals surface area contributed by atoms with Crippen LogP contribution in [0.1, 0.15) is 22.0 Å². The number of hydrogen-bond acceptors (Lipinski definition) is 5. The van der Waals surface area contributed by atoms with Crippen molar-refractivity contribution in [2.45, 2.75) is 6.04 Å². The molecule has 1 unspecified atom stereocenters. The molecule has 1 N–H and O–H groups in total. The first-order valence-electron chi connectivity index (χ1n) is 8.54. The maximum absolute atomic E-state index is 13.4. The summed E-state index contributed by atoms with van der Waals surface area (Å²) in [4.78, 5) is 27.5. The summed E-state index contributed by atoms with van der Waals surface area (Å²) in [7, 11) is 4.57. The van der Waals surface area contributed by atoms with E-state index in [1.165, 1.54) is 14.2 Å². The number of methoxy groups -OCH3 is 3. The summed E-state index contributed by atoms with van der Waals surface area (Å²) < 4.78 is 15.9. The van der Waals surface area contributed by atoms with E-state index in [0.717, 1.165) is 0 Å². The highest BCUT2D eigenvalue weighted by Gasteiger charge is 2.36. The van der Waals surface area contributed by atoms with Crippen molar-refractivity contribution in [2.24, 2.45) is 0 Å². The van der Waals surface area contributed by atoms with Gasteiger partial charge in [-0.25, -0.2) is 0 Å². The molecule has 0 aromatic heterocycles. The van der Waals surface area contributed by atoms with Gasteiger partial charge in [-0.05, 0) is 29.8 Å². The van der Waals surface area contributed by atoms with Gasteiger partial charge in [-0.3, -0.25) is 9.59 Å². The molecule has 2 amide bonds. The molecule has 142 valence electrons. The molecule has 27 heavy (non-hydrogen) atoms. The lowest BCUT2D eigenvalue weighted by Crippen LogP contribution is -2.52. The fourth-order valence-corrected chi connectivity index (χ4v) is 3.21. The number of carbonyl (C=O) groups is 2. The normalized spacial score (nSPS) is 16.5. The fourth-order valence-electron chi connectivity index (χ4n) is 3.21. The van der Waals surface area contributed by atoms with Crippen LogP contribution in [0, 0.1) is 0 Å². The molecule has 1 atom stereocenters. The first-order chi connectivity index (χ1) is 13.1. The third-order valence-electron chi connectivity index (χ3n) is 4.55. The van der Waals surface area contributed by atoms with Gasteiger partial charge in [-0.2, -0.15) is 0 Å². The van der Waals surface area contributed by atoms with E-state index in [1.807, 2.05) is 0 Å². The summed E-state index contributed by atoms with van der Waals surface area (Å²) in [6.07, 6.45) is 0. The Morgan fingerprint density at radius 1 is 1.00 bits per heavy atom. The number of rotatable bonds is 5. The van der Waals surface area contributed by atoms with Crippen molar-refractivity contribution in [1.82, 2.24) is 10.2 Å². The van der Waals surface area contributed by atoms with Gasteiger partial charge >= 0.3 is 0 Å². The lowest BCUT2D eigenvalue weighted by molar-refractivity contribution is -0.128. The molecule has 1 heterocycles. The zero-order chi connectivity index (χ0) is 19.4. The Morgan fingerprint density at radius 3 is 2.19 bits per heavy atom. The molecule has 1 aliphatic rings. The topological polar surface area (TPSA) is 77.1 Å². The maximum atomic E-state index is 13.4. The van der Waals surface area contributed by atoms with Crippen molar-refractivity contribution < 1.29 is 23.8 Å². The third-order valence-corrected chi connectivity index (χ3v) is 4.55. The average molecular weight is 370 g/mol. The molecule has 2 aromatic rings. The second-order valence-electron chi connectivity index (χ2n) is 6.00. The molecule has 0 aliphatic carbocycles. The van der Waals surface area contributed by atoms with Crippen LogP contribution >= 0.6 is 0 Å². The van der Waals surface area contributed by atoms with Crippen molar-refractivity contribution in [2.75, 3.05) is 34.4 Å². The van der Waals surface area contributed by atoms with Gasteiger partial charge in [0.25, 0.3) is 5.91 Å². The Morgan fingerprint density at radius 2 is 1.63 bits per heavy atom. The number of carbonyl (C=O) groups excluding carboxylic acids is 2. The summed E-state index contributed by atoms with van der Waals surface area (Å²) >= 11 is 0. The number of amides is 2. The highest BCUT2D eigenvalue weighted by molar-refractivity contribution is 6.02. The summed E-state index contributed by atoms with van der Waals surface area (Å²) in [5.74, 6) is 0.936. The quantitative estimate of drug-likeness (QED) is 0.871. The van der Waals surface area contributed by atoms with E-state index < -0.39 is 6.04 Å². The summed E-state index contributed by atoms with van der Waals surface area (Å²) in [5, 5.41) is 2.83. The van der Waals surface area contributed by atoms with Crippen LogP contribution in [0.25, 0.3) is 0 Å². The largest absolute Gasteiger partial charge is 0.497 e. The Kier molecular flexibility index (Phi) is 5.49. The molecule has 1 fully saturated rings. The van der Waals surface area contributed by atoms with E-state index in [1.54, 1.807) is 54.5 Å². The van der Waals surface area contributed by atoms with Crippen LogP contribution in [0.5, 0.6) is 17.2 Å². The zero-order valence-electron chi connectivity index (χ0n) is 15.5. The van der Waals surface area contributed by atoms with Crippen LogP contribution in [0.3, 0.4) is 0 Å². The fraction of sp³-hybridized carbons (Fsp3) is 0.300. The van der Waals surface area contributed by atoms with Gasteiger partial charge in [-0.1, -0.05) is 18.2 Å². The van der Waals surface area contributed by atoms with Crippen molar-refractivity contribution in [3.63, 3.8) is 0 Å². The van der Waals surface area contributed by atoms with Crippen LogP contribution < -0.4 is 19.5 Å². The van der Waals surface area contributed by atoms with Gasteiger partial charge in [0, 0.05) is 13.1 Å². The third kappa shape index (κ3) is 3.53. The van der Waals surface area contributed by atoms with Gasteiger partial charge in [0.1, 0.15) is 28.9 Å². The van der Waals surface area contributed by atoms with Crippen molar-refractivity contribution in [1.29, 1.82) is 0 Å². The van der Waals surface area contributed by atoms with Crippen LogP contribution in [0.4, 0.5) is 0 Å². The minimum Gasteiger partial charge on any atom is -0.497 e. The predicted molar refractivity (Wildman–Crippen MR) is 99.3 cm³/mol. The van der Waals surface area contributed by atoms with E-state index in [-0.39, 0.29) is 11.8 Å². The molecule has 3 rings (SSSR count). The van der Waals surface area contributed by atoms with Crippen LogP contribution in [-0.2, 0) is 4.79 Å². The van der Waals surface area contributed by atoms with Gasteiger partial charge in [0.05, 0.1) is 21.3 Å². The SMILES string of the molecule is COc1ccc(C2C(=O)NCCN2C(=O)c2c(OC)cccc2OC)cc1. The van der Waals surface area contributed by atoms with Gasteiger partial charge in [-0.15, -0.1) is 0 Å². The Bertz CT molecular complexity index is 813. The van der Waals surface area contributed by atoms with Crippen LogP contribution in [0.15, 0.2) is 42.5 Å². The average Bonchev–Trinajstić information content (AvgIpc) is 2.72. The van der Waals surface area contributed by atoms with E-state index in [2.05, 4.69) is 5.32 Å². The predicted octanol–water partition coefficient (Wildman–Crippen LogP) is 2.03. The molecular weight excluding hydrogens is 348 g/mol. The number of piperazine rings is 1. The van der Waals surface area contributed by atoms with Crippen molar-refractivity contribution in [3.05, 3.63) is 53.6 Å². The lowest BCUT2D eigenvalue weighted by atomic mass is 10.0. The van der Waals surface area contributed by atoms with E-state index in [4.69, 9.17) is 14.2 Å². The molecule has 7 nitrogen and oxygen atoms in total. The van der Waals surface area contributed by atoms with Crippen molar-refractivity contribution in [3.8, 4) is 17.2 Å². The molecule has 1 saturated heterocycles. The van der Waals surface area contributed by atoms with Gasteiger partial charge in [0.2, 0.25) is 5.91 Å². The smallest absolute Gasteiger partial charge is 0.262 e. The second-order valence-corrected chi connectivity index (χ2v) is 6.00. The zero-order valence-corrected chi connectivity index (χ0v) is 15.5. The lowest BCUT2D eigenvalue weighted by Gasteiger charge is -2.35. The van der Waals surface area contributed by atoms with Gasteiger partial charge in [0.15, 0.2) is 0 Å². The van der Waals surface area contributed by atoms with Crippen LogP contribution in [0.2, 0.25) is 0 Å². The van der Waals surface area contributed by atoms with Crippen LogP contribution in [-0.4, -0.2) is 51.1 Å². The monoisotopic (exact) mass is 370 g/mol. The number of ether oxygens (including phenoxy) is 3. The first kappa shape index (κ1) is 18.6. The second kappa shape index (κ2) is 7.99. The summed E-state index contributed by atoms with van der Waals surface area (Å²) in [6.45, 7) is 0.761. The van der Waals surface area contributed by atoms with Crippen molar-refractivity contribution >= 4 is 11.8 Å². The highest BCUT2D eigenvalue weighted by atomic mass is 16.5. The number of benzene rings is 2. The molecule has 0 bridgehead atoms. The Hall–Kier alpha value is -3.22. The number of nitrogens with zero attached hydrogens (tertiary/aromatic N) is 1. The standard InChI is InChI=1S/C20H22N2O5/c1-25-14-9-7-13(8-10-14)18-19(23)21-11-12-22(18)20(24)17-15(26-2)5-4-6-16(17)27-3/h4-10,18H,11-12H2,1-3H3,(H,21,23). The highest BCUT2D eigenvalue weighted by Crippen LogP contribution is 2.33. The molecule has 2 aromatic carbocycles. The van der Waals surface area contributed by atoms with E-state index >= 15 is 0 Å². The first-order valence-corrected chi connectivity index (χ1v) is 8.54. The summed E-state index contributed by atoms with van der Waals surface area (Å²) in [5.41, 5.74) is 1.01. The molecule has 0 spiro atoms. The van der Waals surface area contributed by atoms with Gasteiger partial charge < -0.3 is 24.4 Å². The molecular formula is C20H22N2O5. The number of nitrogens with one attached hydrogen (secondary N) is 1. The number of hydrogen-bond donors (Lipinski definition) is 1. The van der Waals surface area contributed by atoms with E-state index in [0.29, 0.717) is 41.5 Å². The minimum atomic E-state index is -0.744. The maximum Gasteiger partial charge on any atom is 0.262 e. The molecule has 0 saturated carbocycles. The molecule has 7 heteroatoms. The molecule has 0 radical (unpaired) electrons. The Labute approximate surface area is 157 Å². The van der Waals surface area contributed by atoms with E-state index in [9.17, 15) is 9.59 Å². The minimum absolute atomic E-state index is 0.228.